The average molecular weight is 423 g/mol. The summed E-state index contributed by atoms with van der Waals surface area (Å²) in [6.07, 6.45) is 2.85. The number of amides is 2. The first-order valence-electron chi connectivity index (χ1n) is 10.1. The lowest BCUT2D eigenvalue weighted by Gasteiger charge is -2.29. The van der Waals surface area contributed by atoms with E-state index in [4.69, 9.17) is 0 Å². The second-order valence-electron chi connectivity index (χ2n) is 7.40. The molecule has 2 amide bonds. The molecule has 4 rings (SSSR count). The minimum atomic E-state index is -0.188. The highest BCUT2D eigenvalue weighted by Crippen LogP contribution is 2.23. The summed E-state index contributed by atoms with van der Waals surface area (Å²) >= 11 is 1.60. The van der Waals surface area contributed by atoms with Gasteiger partial charge in [0.25, 0.3) is 0 Å². The van der Waals surface area contributed by atoms with Gasteiger partial charge in [0.2, 0.25) is 0 Å². The summed E-state index contributed by atoms with van der Waals surface area (Å²) in [5.41, 5.74) is 4.79. The van der Waals surface area contributed by atoms with Crippen LogP contribution in [-0.4, -0.2) is 40.7 Å². The van der Waals surface area contributed by atoms with Crippen molar-refractivity contribution in [1.29, 1.82) is 0 Å². The number of pyridine rings is 1. The maximum atomic E-state index is 12.5. The number of thiophene rings is 1. The van der Waals surface area contributed by atoms with Crippen molar-refractivity contribution in [3.05, 3.63) is 81.7 Å². The van der Waals surface area contributed by atoms with E-state index >= 15 is 0 Å². The lowest BCUT2D eigenvalue weighted by atomic mass is 10.00. The SMILES string of the molecule is O=C(NCc1ccc(N2CCc3ccccc3C2)nc1)N(CCO)Cc1ccsc1. The summed E-state index contributed by atoms with van der Waals surface area (Å²) < 4.78 is 0. The Kier molecular flexibility index (Phi) is 6.61. The van der Waals surface area contributed by atoms with Gasteiger partial charge in [0.05, 0.1) is 6.61 Å². The molecule has 1 aliphatic rings. The first kappa shape index (κ1) is 20.4. The van der Waals surface area contributed by atoms with Crippen molar-refractivity contribution in [3.8, 4) is 0 Å². The van der Waals surface area contributed by atoms with Gasteiger partial charge in [0.15, 0.2) is 0 Å². The normalized spacial score (nSPS) is 13.0. The van der Waals surface area contributed by atoms with Crippen LogP contribution in [0.25, 0.3) is 0 Å². The molecular weight excluding hydrogens is 396 g/mol. The fourth-order valence-electron chi connectivity index (χ4n) is 3.67. The number of aromatic nitrogens is 1. The molecule has 0 saturated carbocycles. The maximum absolute atomic E-state index is 12.5. The number of rotatable bonds is 7. The molecule has 3 aromatic rings. The zero-order valence-corrected chi connectivity index (χ0v) is 17.6. The van der Waals surface area contributed by atoms with E-state index in [1.807, 2.05) is 35.2 Å². The smallest absolute Gasteiger partial charge is 0.318 e. The summed E-state index contributed by atoms with van der Waals surface area (Å²) in [5.74, 6) is 0.957. The number of anilines is 1. The molecule has 0 atom stereocenters. The van der Waals surface area contributed by atoms with Crippen LogP contribution in [0.3, 0.4) is 0 Å². The number of aliphatic hydroxyl groups excluding tert-OH is 1. The minimum absolute atomic E-state index is 0.0627. The second kappa shape index (κ2) is 9.73. The summed E-state index contributed by atoms with van der Waals surface area (Å²) in [4.78, 5) is 21.1. The molecule has 1 aliphatic heterocycles. The number of aliphatic hydroxyl groups is 1. The van der Waals surface area contributed by atoms with Crippen molar-refractivity contribution in [3.63, 3.8) is 0 Å². The van der Waals surface area contributed by atoms with Gasteiger partial charge in [-0.1, -0.05) is 30.3 Å². The molecule has 2 aromatic heterocycles. The van der Waals surface area contributed by atoms with E-state index in [-0.39, 0.29) is 12.6 Å². The number of urea groups is 1. The van der Waals surface area contributed by atoms with Crippen LogP contribution in [0.5, 0.6) is 0 Å². The monoisotopic (exact) mass is 422 g/mol. The number of benzene rings is 1. The van der Waals surface area contributed by atoms with Gasteiger partial charge in [-0.15, -0.1) is 0 Å². The molecule has 0 fully saturated rings. The third kappa shape index (κ3) is 4.98. The first-order valence-corrected chi connectivity index (χ1v) is 11.1. The van der Waals surface area contributed by atoms with Gasteiger partial charge in [-0.25, -0.2) is 9.78 Å². The molecule has 3 heterocycles. The summed E-state index contributed by atoms with van der Waals surface area (Å²) in [7, 11) is 0. The summed E-state index contributed by atoms with van der Waals surface area (Å²) in [6.45, 7) is 2.96. The van der Waals surface area contributed by atoms with Crippen LogP contribution in [0, 0.1) is 0 Å². The van der Waals surface area contributed by atoms with Gasteiger partial charge in [0.1, 0.15) is 5.82 Å². The van der Waals surface area contributed by atoms with E-state index in [0.717, 1.165) is 36.5 Å². The number of fused-ring (bicyclic) bond motifs is 1. The zero-order chi connectivity index (χ0) is 20.8. The Morgan fingerprint density at radius 3 is 2.77 bits per heavy atom. The van der Waals surface area contributed by atoms with Gasteiger partial charge >= 0.3 is 6.03 Å². The second-order valence-corrected chi connectivity index (χ2v) is 8.18. The third-order valence-corrected chi connectivity index (χ3v) is 6.05. The lowest BCUT2D eigenvalue weighted by molar-refractivity contribution is 0.174. The molecule has 0 unspecified atom stereocenters. The molecule has 7 heteroatoms. The van der Waals surface area contributed by atoms with E-state index in [9.17, 15) is 9.90 Å². The standard InChI is InChI=1S/C23H26N4O2S/c28-11-10-27(15-19-8-12-30-17-19)23(29)25-14-18-5-6-22(24-13-18)26-9-7-20-3-1-2-4-21(20)16-26/h1-6,8,12-13,17,28H,7,9-11,14-16H2,(H,25,29). The van der Waals surface area contributed by atoms with Crippen LogP contribution in [0.1, 0.15) is 22.3 Å². The van der Waals surface area contributed by atoms with E-state index in [2.05, 4.69) is 39.5 Å². The number of hydrogen-bond donors (Lipinski definition) is 2. The predicted octanol–water partition coefficient (Wildman–Crippen LogP) is 3.41. The van der Waals surface area contributed by atoms with Gasteiger partial charge in [-0.05, 0) is 51.6 Å². The van der Waals surface area contributed by atoms with Gasteiger partial charge in [-0.3, -0.25) is 0 Å². The van der Waals surface area contributed by atoms with Crippen LogP contribution in [0.4, 0.5) is 10.6 Å². The van der Waals surface area contributed by atoms with Gasteiger partial charge in [0, 0.05) is 38.9 Å². The molecular formula is C23H26N4O2S. The van der Waals surface area contributed by atoms with Crippen molar-refractivity contribution >= 4 is 23.2 Å². The topological polar surface area (TPSA) is 68.7 Å². The molecule has 1 aromatic carbocycles. The van der Waals surface area contributed by atoms with Crippen LogP contribution >= 0.6 is 11.3 Å². The van der Waals surface area contributed by atoms with Crippen LogP contribution < -0.4 is 10.2 Å². The Morgan fingerprint density at radius 1 is 1.17 bits per heavy atom. The molecule has 2 N–H and O–H groups in total. The highest BCUT2D eigenvalue weighted by molar-refractivity contribution is 7.07. The van der Waals surface area contributed by atoms with Gasteiger partial charge < -0.3 is 20.2 Å². The van der Waals surface area contributed by atoms with E-state index in [0.29, 0.717) is 19.6 Å². The molecule has 30 heavy (non-hydrogen) atoms. The fourth-order valence-corrected chi connectivity index (χ4v) is 4.33. The Hall–Kier alpha value is -2.90. The molecule has 6 nitrogen and oxygen atoms in total. The molecule has 0 saturated heterocycles. The number of hydrogen-bond acceptors (Lipinski definition) is 5. The van der Waals surface area contributed by atoms with Crippen molar-refractivity contribution in [2.75, 3.05) is 24.6 Å². The quantitative estimate of drug-likeness (QED) is 0.612. The maximum Gasteiger partial charge on any atom is 0.318 e. The minimum Gasteiger partial charge on any atom is -0.395 e. The molecule has 156 valence electrons. The third-order valence-electron chi connectivity index (χ3n) is 5.32. The fraction of sp³-hybridized carbons (Fsp3) is 0.304. The molecule has 0 bridgehead atoms. The molecule has 0 spiro atoms. The molecule has 0 radical (unpaired) electrons. The highest BCUT2D eigenvalue weighted by atomic mass is 32.1. The number of nitrogens with zero attached hydrogens (tertiary/aromatic N) is 3. The van der Waals surface area contributed by atoms with E-state index in [1.54, 1.807) is 16.2 Å². The van der Waals surface area contributed by atoms with Crippen molar-refractivity contribution in [2.45, 2.75) is 26.1 Å². The van der Waals surface area contributed by atoms with Crippen molar-refractivity contribution < 1.29 is 9.90 Å². The van der Waals surface area contributed by atoms with Gasteiger partial charge in [-0.2, -0.15) is 11.3 Å². The number of carbonyl (C=O) groups is 1. The summed E-state index contributed by atoms with van der Waals surface area (Å²) in [6, 6.07) is 14.4. The van der Waals surface area contributed by atoms with Crippen LogP contribution in [0.15, 0.2) is 59.4 Å². The largest absolute Gasteiger partial charge is 0.395 e. The Morgan fingerprint density at radius 2 is 2.03 bits per heavy atom. The van der Waals surface area contributed by atoms with Crippen molar-refractivity contribution in [2.24, 2.45) is 0 Å². The van der Waals surface area contributed by atoms with Crippen molar-refractivity contribution in [1.82, 2.24) is 15.2 Å². The highest BCUT2D eigenvalue weighted by Gasteiger charge is 2.17. The Bertz CT molecular complexity index is 960. The van der Waals surface area contributed by atoms with E-state index in [1.165, 1.54) is 11.1 Å². The zero-order valence-electron chi connectivity index (χ0n) is 16.8. The predicted molar refractivity (Wildman–Crippen MR) is 119 cm³/mol. The average Bonchev–Trinajstić information content (AvgIpc) is 3.30. The molecule has 0 aliphatic carbocycles. The first-order chi connectivity index (χ1) is 14.7. The Labute approximate surface area is 180 Å². The van der Waals surface area contributed by atoms with E-state index < -0.39 is 0 Å². The number of nitrogens with one attached hydrogen (secondary N) is 1. The summed E-state index contributed by atoms with van der Waals surface area (Å²) in [5, 5.41) is 16.2. The number of carbonyl (C=O) groups excluding carboxylic acids is 1. The van der Waals surface area contributed by atoms with Crippen LogP contribution in [-0.2, 0) is 26.1 Å². The van der Waals surface area contributed by atoms with Crippen LogP contribution in [0.2, 0.25) is 0 Å². The lowest BCUT2D eigenvalue weighted by Crippen LogP contribution is -2.40. The Balaban J connectivity index is 1.32.